The molecular formula is C15H27Cl. The fourth-order valence-electron chi connectivity index (χ4n) is 3.08. The van der Waals surface area contributed by atoms with Gasteiger partial charge < -0.3 is 0 Å². The minimum Gasteiger partial charge on any atom is -0.123 e. The molecule has 0 amide bonds. The summed E-state index contributed by atoms with van der Waals surface area (Å²) in [5.41, 5.74) is 0.398. The molecule has 3 atom stereocenters. The first-order valence-electron chi connectivity index (χ1n) is 6.72. The molecule has 0 aromatic heterocycles. The molecule has 1 heteroatoms. The van der Waals surface area contributed by atoms with Crippen LogP contribution in [0.25, 0.3) is 0 Å². The van der Waals surface area contributed by atoms with Crippen molar-refractivity contribution in [1.82, 2.24) is 0 Å². The van der Waals surface area contributed by atoms with Gasteiger partial charge in [0, 0.05) is 5.38 Å². The van der Waals surface area contributed by atoms with Crippen LogP contribution in [0.5, 0.6) is 0 Å². The molecule has 3 unspecified atom stereocenters. The van der Waals surface area contributed by atoms with E-state index < -0.39 is 0 Å². The minimum atomic E-state index is 0.391. The lowest BCUT2D eigenvalue weighted by Gasteiger charge is -2.42. The average Bonchev–Trinajstić information content (AvgIpc) is 2.17. The summed E-state index contributed by atoms with van der Waals surface area (Å²) in [5.74, 6) is 1.53. The summed E-state index contributed by atoms with van der Waals surface area (Å²) in [6, 6.07) is 0. The van der Waals surface area contributed by atoms with Crippen LogP contribution in [-0.4, -0.2) is 5.38 Å². The molecule has 16 heavy (non-hydrogen) atoms. The molecular weight excluding hydrogens is 216 g/mol. The van der Waals surface area contributed by atoms with E-state index >= 15 is 0 Å². The third kappa shape index (κ3) is 3.80. The molecule has 1 rings (SSSR count). The van der Waals surface area contributed by atoms with Gasteiger partial charge in [-0.25, -0.2) is 0 Å². The Morgan fingerprint density at radius 1 is 1.38 bits per heavy atom. The van der Waals surface area contributed by atoms with Crippen LogP contribution >= 0.6 is 11.6 Å². The van der Waals surface area contributed by atoms with E-state index in [2.05, 4.69) is 27.4 Å². The van der Waals surface area contributed by atoms with Gasteiger partial charge in [0.25, 0.3) is 0 Å². The van der Waals surface area contributed by atoms with E-state index in [0.29, 0.717) is 16.7 Å². The Kier molecular flexibility index (Phi) is 5.37. The summed E-state index contributed by atoms with van der Waals surface area (Å²) in [4.78, 5) is 0. The van der Waals surface area contributed by atoms with Crippen LogP contribution in [0.1, 0.15) is 59.3 Å². The maximum atomic E-state index is 6.55. The molecule has 1 aliphatic rings. The maximum Gasteiger partial charge on any atom is 0.0371 e. The van der Waals surface area contributed by atoms with E-state index in [1.54, 1.807) is 0 Å². The topological polar surface area (TPSA) is 0 Å². The van der Waals surface area contributed by atoms with Crippen molar-refractivity contribution in [3.8, 4) is 0 Å². The first-order chi connectivity index (χ1) is 7.47. The summed E-state index contributed by atoms with van der Waals surface area (Å²) in [6.45, 7) is 10.9. The molecule has 0 spiro atoms. The second kappa shape index (κ2) is 6.10. The molecule has 0 aliphatic heterocycles. The zero-order chi connectivity index (χ0) is 12.2. The second-order valence-corrected chi connectivity index (χ2v) is 6.77. The SMILES string of the molecule is C=CCCCC(C)(C)C1CCC(C)CC1Cl. The van der Waals surface area contributed by atoms with E-state index in [0.717, 1.165) is 12.3 Å². The summed E-state index contributed by atoms with van der Waals surface area (Å²) >= 11 is 6.55. The Balaban J connectivity index is 2.49. The van der Waals surface area contributed by atoms with Crippen molar-refractivity contribution in [3.63, 3.8) is 0 Å². The molecule has 0 aromatic carbocycles. The standard InChI is InChI=1S/C15H27Cl/c1-5-6-7-10-15(3,4)13-9-8-12(2)11-14(13)16/h5,12-14H,1,6-11H2,2-4H3. The number of halogens is 1. The first-order valence-corrected chi connectivity index (χ1v) is 7.16. The lowest BCUT2D eigenvalue weighted by atomic mass is 9.67. The van der Waals surface area contributed by atoms with Crippen LogP contribution in [0.4, 0.5) is 0 Å². The molecule has 0 aromatic rings. The van der Waals surface area contributed by atoms with Crippen molar-refractivity contribution in [2.45, 2.75) is 64.7 Å². The highest BCUT2D eigenvalue weighted by Crippen LogP contribution is 2.45. The van der Waals surface area contributed by atoms with Crippen molar-refractivity contribution < 1.29 is 0 Å². The van der Waals surface area contributed by atoms with Gasteiger partial charge in [0.1, 0.15) is 0 Å². The molecule has 1 saturated carbocycles. The van der Waals surface area contributed by atoms with Crippen molar-refractivity contribution in [1.29, 1.82) is 0 Å². The predicted octanol–water partition coefficient (Wildman–Crippen LogP) is 5.41. The maximum absolute atomic E-state index is 6.55. The smallest absolute Gasteiger partial charge is 0.0371 e. The largest absolute Gasteiger partial charge is 0.123 e. The Morgan fingerprint density at radius 2 is 2.06 bits per heavy atom. The number of allylic oxidation sites excluding steroid dienone is 1. The Bertz CT molecular complexity index is 219. The molecule has 0 N–H and O–H groups in total. The number of hydrogen-bond donors (Lipinski definition) is 0. The van der Waals surface area contributed by atoms with Crippen molar-refractivity contribution in [3.05, 3.63) is 12.7 Å². The van der Waals surface area contributed by atoms with Gasteiger partial charge in [0.05, 0.1) is 0 Å². The van der Waals surface area contributed by atoms with E-state index in [-0.39, 0.29) is 0 Å². The van der Waals surface area contributed by atoms with Crippen molar-refractivity contribution >= 4 is 11.6 Å². The van der Waals surface area contributed by atoms with Crippen molar-refractivity contribution in [2.24, 2.45) is 17.3 Å². The monoisotopic (exact) mass is 242 g/mol. The van der Waals surface area contributed by atoms with Gasteiger partial charge in [0.15, 0.2) is 0 Å². The van der Waals surface area contributed by atoms with Crippen molar-refractivity contribution in [2.75, 3.05) is 0 Å². The predicted molar refractivity (Wildman–Crippen MR) is 74.0 cm³/mol. The Hall–Kier alpha value is 0.0300. The van der Waals surface area contributed by atoms with Gasteiger partial charge in [-0.1, -0.05) is 33.3 Å². The number of hydrogen-bond acceptors (Lipinski definition) is 0. The highest BCUT2D eigenvalue weighted by atomic mass is 35.5. The zero-order valence-corrected chi connectivity index (χ0v) is 11.9. The molecule has 1 aliphatic carbocycles. The van der Waals surface area contributed by atoms with Crippen LogP contribution in [0.15, 0.2) is 12.7 Å². The van der Waals surface area contributed by atoms with Gasteiger partial charge in [-0.2, -0.15) is 0 Å². The molecule has 0 saturated heterocycles. The first kappa shape index (κ1) is 14.1. The highest BCUT2D eigenvalue weighted by molar-refractivity contribution is 6.20. The van der Waals surface area contributed by atoms with E-state index in [1.807, 2.05) is 6.08 Å². The van der Waals surface area contributed by atoms with Crippen LogP contribution in [0.2, 0.25) is 0 Å². The van der Waals surface area contributed by atoms with Gasteiger partial charge in [0.2, 0.25) is 0 Å². The Morgan fingerprint density at radius 3 is 2.62 bits per heavy atom. The van der Waals surface area contributed by atoms with E-state index in [9.17, 15) is 0 Å². The summed E-state index contributed by atoms with van der Waals surface area (Å²) in [6.07, 6.45) is 9.58. The van der Waals surface area contributed by atoms with Gasteiger partial charge in [-0.3, -0.25) is 0 Å². The quantitative estimate of drug-likeness (QED) is 0.343. The third-order valence-electron chi connectivity index (χ3n) is 4.27. The van der Waals surface area contributed by atoms with Crippen LogP contribution in [0, 0.1) is 17.3 Å². The third-order valence-corrected chi connectivity index (χ3v) is 4.75. The lowest BCUT2D eigenvalue weighted by Crippen LogP contribution is -2.35. The van der Waals surface area contributed by atoms with E-state index in [4.69, 9.17) is 11.6 Å². The fourth-order valence-corrected chi connectivity index (χ4v) is 3.85. The summed E-state index contributed by atoms with van der Waals surface area (Å²) < 4.78 is 0. The average molecular weight is 243 g/mol. The van der Waals surface area contributed by atoms with E-state index in [1.165, 1.54) is 32.1 Å². The van der Waals surface area contributed by atoms with Crippen LogP contribution in [-0.2, 0) is 0 Å². The zero-order valence-electron chi connectivity index (χ0n) is 11.1. The minimum absolute atomic E-state index is 0.391. The summed E-state index contributed by atoms with van der Waals surface area (Å²) in [7, 11) is 0. The fraction of sp³-hybridized carbons (Fsp3) is 0.867. The number of alkyl halides is 1. The molecule has 94 valence electrons. The summed E-state index contributed by atoms with van der Waals surface area (Å²) in [5, 5.41) is 0.391. The lowest BCUT2D eigenvalue weighted by molar-refractivity contribution is 0.129. The van der Waals surface area contributed by atoms with Gasteiger partial charge in [-0.05, 0) is 49.4 Å². The van der Waals surface area contributed by atoms with Crippen LogP contribution < -0.4 is 0 Å². The van der Waals surface area contributed by atoms with Gasteiger partial charge in [-0.15, -0.1) is 18.2 Å². The Labute approximate surface area is 106 Å². The molecule has 0 radical (unpaired) electrons. The normalized spacial score (nSPS) is 31.4. The number of rotatable bonds is 5. The molecule has 0 bridgehead atoms. The molecule has 0 nitrogen and oxygen atoms in total. The molecule has 1 fully saturated rings. The highest BCUT2D eigenvalue weighted by Gasteiger charge is 2.37. The number of unbranched alkanes of at least 4 members (excludes halogenated alkanes) is 1. The molecule has 0 heterocycles. The second-order valence-electron chi connectivity index (χ2n) is 6.21. The van der Waals surface area contributed by atoms with Crippen LogP contribution in [0.3, 0.4) is 0 Å². The van der Waals surface area contributed by atoms with Gasteiger partial charge >= 0.3 is 0 Å².